The van der Waals surface area contributed by atoms with Crippen molar-refractivity contribution < 1.29 is 19.1 Å². The number of hydrogen-bond donors (Lipinski definition) is 1. The highest BCUT2D eigenvalue weighted by molar-refractivity contribution is 5.81. The van der Waals surface area contributed by atoms with Crippen LogP contribution < -0.4 is 0 Å². The van der Waals surface area contributed by atoms with Gasteiger partial charge in [-0.1, -0.05) is 46.0 Å². The van der Waals surface area contributed by atoms with Gasteiger partial charge in [0.15, 0.2) is 0 Å². The zero-order chi connectivity index (χ0) is 15.4. The number of amides is 1. The zero-order valence-corrected chi connectivity index (χ0v) is 12.7. The van der Waals surface area contributed by atoms with Gasteiger partial charge >= 0.3 is 5.97 Å². The van der Waals surface area contributed by atoms with E-state index in [1.807, 2.05) is 6.92 Å². The van der Waals surface area contributed by atoms with Gasteiger partial charge in [-0.3, -0.25) is 9.59 Å². The molecule has 0 aromatic rings. The second-order valence-corrected chi connectivity index (χ2v) is 5.21. The molecule has 0 aromatic heterocycles. The Bertz CT molecular complexity index is 284. The van der Waals surface area contributed by atoms with Gasteiger partial charge in [-0.2, -0.15) is 0 Å². The summed E-state index contributed by atoms with van der Waals surface area (Å²) in [5, 5.41) is 8.73. The molecule has 20 heavy (non-hydrogen) atoms. The maximum absolute atomic E-state index is 13.7. The largest absolute Gasteiger partial charge is 0.480 e. The summed E-state index contributed by atoms with van der Waals surface area (Å²) in [7, 11) is 0. The van der Waals surface area contributed by atoms with Gasteiger partial charge in [-0.15, -0.1) is 0 Å². The topological polar surface area (TPSA) is 57.6 Å². The van der Waals surface area contributed by atoms with Crippen molar-refractivity contribution in [1.82, 2.24) is 4.90 Å². The molecule has 0 heterocycles. The Hall–Kier alpha value is -1.13. The molecule has 0 aromatic carbocycles. The van der Waals surface area contributed by atoms with E-state index in [4.69, 9.17) is 5.11 Å². The van der Waals surface area contributed by atoms with Gasteiger partial charge in [-0.25, -0.2) is 4.39 Å². The average Bonchev–Trinajstić information content (AvgIpc) is 2.37. The molecule has 1 atom stereocenters. The van der Waals surface area contributed by atoms with Gasteiger partial charge in [0.1, 0.15) is 12.7 Å². The van der Waals surface area contributed by atoms with Crippen LogP contribution in [-0.4, -0.2) is 41.1 Å². The number of carboxylic acid groups (broad SMARTS) is 1. The molecule has 0 bridgehead atoms. The third kappa shape index (κ3) is 9.75. The molecule has 5 heteroatoms. The normalized spacial score (nSPS) is 12.2. The van der Waals surface area contributed by atoms with Crippen LogP contribution in [0, 0.1) is 0 Å². The first-order chi connectivity index (χ1) is 9.51. The number of hydrogen-bond acceptors (Lipinski definition) is 2. The maximum atomic E-state index is 13.7. The fourth-order valence-electron chi connectivity index (χ4n) is 2.12. The van der Waals surface area contributed by atoms with E-state index in [2.05, 4.69) is 6.92 Å². The molecule has 1 unspecified atom stereocenters. The molecule has 0 rings (SSSR count). The molecule has 1 amide bonds. The Kier molecular flexibility index (Phi) is 11.0. The zero-order valence-electron chi connectivity index (χ0n) is 12.7. The number of halogens is 1. The van der Waals surface area contributed by atoms with E-state index in [1.165, 1.54) is 11.3 Å². The number of nitrogens with zero attached hydrogens (tertiary/aromatic N) is 1. The maximum Gasteiger partial charge on any atom is 0.323 e. The molecular weight excluding hydrogens is 261 g/mol. The molecule has 0 spiro atoms. The van der Waals surface area contributed by atoms with E-state index in [1.54, 1.807) is 0 Å². The summed E-state index contributed by atoms with van der Waals surface area (Å²) < 4.78 is 13.7. The lowest BCUT2D eigenvalue weighted by Crippen LogP contribution is -2.37. The van der Waals surface area contributed by atoms with Crippen molar-refractivity contribution >= 4 is 11.9 Å². The highest BCUT2D eigenvalue weighted by Crippen LogP contribution is 2.13. The Morgan fingerprint density at radius 3 is 2.30 bits per heavy atom. The lowest BCUT2D eigenvalue weighted by molar-refractivity contribution is -0.145. The van der Waals surface area contributed by atoms with Gasteiger partial charge in [-0.05, 0) is 12.8 Å². The first-order valence-corrected chi connectivity index (χ1v) is 7.64. The highest BCUT2D eigenvalue weighted by atomic mass is 19.1. The van der Waals surface area contributed by atoms with Gasteiger partial charge in [0.05, 0.1) is 6.42 Å². The number of carbonyl (C=O) groups excluding carboxylic acids is 1. The Balaban J connectivity index is 3.97. The fraction of sp³-hybridized carbons (Fsp3) is 0.867. The number of unbranched alkanes of at least 4 members (excludes halogenated alkanes) is 4. The first-order valence-electron chi connectivity index (χ1n) is 7.64. The summed E-state index contributed by atoms with van der Waals surface area (Å²) in [5.41, 5.74) is 0. The quantitative estimate of drug-likeness (QED) is 0.560. The van der Waals surface area contributed by atoms with Gasteiger partial charge in [0.25, 0.3) is 0 Å². The van der Waals surface area contributed by atoms with Crippen molar-refractivity contribution in [3.63, 3.8) is 0 Å². The van der Waals surface area contributed by atoms with Crippen molar-refractivity contribution in [2.75, 3.05) is 13.1 Å². The molecule has 0 fully saturated rings. The predicted octanol–water partition coefficient (Wildman–Crippen LogP) is 3.40. The van der Waals surface area contributed by atoms with Crippen molar-refractivity contribution in [2.24, 2.45) is 0 Å². The number of rotatable bonds is 12. The lowest BCUT2D eigenvalue weighted by atomic mass is 10.1. The van der Waals surface area contributed by atoms with E-state index >= 15 is 0 Å². The van der Waals surface area contributed by atoms with Crippen LogP contribution in [0.25, 0.3) is 0 Å². The third-order valence-corrected chi connectivity index (χ3v) is 3.19. The summed E-state index contributed by atoms with van der Waals surface area (Å²) >= 11 is 0. The van der Waals surface area contributed by atoms with Crippen LogP contribution in [-0.2, 0) is 9.59 Å². The average molecular weight is 289 g/mol. The molecule has 4 nitrogen and oxygen atoms in total. The van der Waals surface area contributed by atoms with Crippen LogP contribution in [0.1, 0.15) is 65.2 Å². The summed E-state index contributed by atoms with van der Waals surface area (Å²) in [6.45, 7) is 4.02. The number of aliphatic carboxylic acids is 1. The summed E-state index contributed by atoms with van der Waals surface area (Å²) in [6, 6.07) is 0. The molecule has 0 radical (unpaired) electrons. The summed E-state index contributed by atoms with van der Waals surface area (Å²) in [4.78, 5) is 23.7. The summed E-state index contributed by atoms with van der Waals surface area (Å²) in [5.74, 6) is -1.45. The van der Waals surface area contributed by atoms with E-state index in [0.29, 0.717) is 19.4 Å². The monoisotopic (exact) mass is 289 g/mol. The minimum atomic E-state index is -1.16. The summed E-state index contributed by atoms with van der Waals surface area (Å²) in [6.07, 6.45) is 4.93. The first kappa shape index (κ1) is 18.9. The SMILES string of the molecule is CCCCCCCC(F)CC(=O)N(CCC)CC(=O)O. The van der Waals surface area contributed by atoms with E-state index in [9.17, 15) is 14.0 Å². The van der Waals surface area contributed by atoms with Crippen LogP contribution in [0.3, 0.4) is 0 Å². The predicted molar refractivity (Wildman–Crippen MR) is 77.4 cm³/mol. The van der Waals surface area contributed by atoms with Crippen LogP contribution >= 0.6 is 0 Å². The highest BCUT2D eigenvalue weighted by Gasteiger charge is 2.20. The van der Waals surface area contributed by atoms with Gasteiger partial charge in [0.2, 0.25) is 5.91 Å². The number of carbonyl (C=O) groups is 2. The molecule has 0 aliphatic heterocycles. The second kappa shape index (κ2) is 11.7. The van der Waals surface area contributed by atoms with Gasteiger partial charge in [0, 0.05) is 6.54 Å². The molecule has 0 aliphatic rings. The number of alkyl halides is 1. The molecule has 0 saturated carbocycles. The second-order valence-electron chi connectivity index (χ2n) is 5.21. The van der Waals surface area contributed by atoms with Crippen LogP contribution in [0.4, 0.5) is 4.39 Å². The number of carboxylic acids is 1. The lowest BCUT2D eigenvalue weighted by Gasteiger charge is -2.21. The standard InChI is InChI=1S/C15H28FNO3/c1-3-5-6-7-8-9-13(16)11-14(18)17(10-4-2)12-15(19)20/h13H,3-12H2,1-2H3,(H,19,20). The van der Waals surface area contributed by atoms with E-state index in [-0.39, 0.29) is 13.0 Å². The van der Waals surface area contributed by atoms with E-state index < -0.39 is 18.0 Å². The van der Waals surface area contributed by atoms with Crippen molar-refractivity contribution in [1.29, 1.82) is 0 Å². The van der Waals surface area contributed by atoms with Crippen LogP contribution in [0.5, 0.6) is 0 Å². The molecule has 118 valence electrons. The Morgan fingerprint density at radius 2 is 1.75 bits per heavy atom. The van der Waals surface area contributed by atoms with Gasteiger partial charge < -0.3 is 10.0 Å². The third-order valence-electron chi connectivity index (χ3n) is 3.19. The van der Waals surface area contributed by atoms with Crippen LogP contribution in [0.15, 0.2) is 0 Å². The fourth-order valence-corrected chi connectivity index (χ4v) is 2.12. The van der Waals surface area contributed by atoms with Crippen molar-refractivity contribution in [3.8, 4) is 0 Å². The van der Waals surface area contributed by atoms with Crippen LogP contribution in [0.2, 0.25) is 0 Å². The smallest absolute Gasteiger partial charge is 0.323 e. The minimum absolute atomic E-state index is 0.193. The molecule has 0 aliphatic carbocycles. The molecule has 1 N–H and O–H groups in total. The molecular formula is C15H28FNO3. The van der Waals surface area contributed by atoms with Crippen molar-refractivity contribution in [3.05, 3.63) is 0 Å². The van der Waals surface area contributed by atoms with E-state index in [0.717, 1.165) is 25.7 Å². The molecule has 0 saturated heterocycles. The Labute approximate surface area is 121 Å². The van der Waals surface area contributed by atoms with Crippen molar-refractivity contribution in [2.45, 2.75) is 71.4 Å². The minimum Gasteiger partial charge on any atom is -0.480 e. The Morgan fingerprint density at radius 1 is 1.10 bits per heavy atom.